The van der Waals surface area contributed by atoms with E-state index in [1.54, 1.807) is 4.90 Å². The largest absolute Gasteiger partial charge is 0.490 e. The van der Waals surface area contributed by atoms with Crippen molar-refractivity contribution in [2.45, 2.75) is 26.0 Å². The van der Waals surface area contributed by atoms with Gasteiger partial charge in [0.1, 0.15) is 16.2 Å². The maximum atomic E-state index is 12.9. The molecular formula is C21H17NO4S2. The fraction of sp³-hybridized carbons (Fsp3) is 0.238. The Morgan fingerprint density at radius 2 is 2.00 bits per heavy atom. The summed E-state index contributed by atoms with van der Waals surface area (Å²) in [6, 6.07) is 11.7. The highest BCUT2D eigenvalue weighted by molar-refractivity contribution is 8.26. The van der Waals surface area contributed by atoms with E-state index < -0.39 is 0 Å². The van der Waals surface area contributed by atoms with Gasteiger partial charge in [-0.15, -0.1) is 0 Å². The van der Waals surface area contributed by atoms with Crippen LogP contribution in [0.4, 0.5) is 0 Å². The van der Waals surface area contributed by atoms with Crippen LogP contribution in [0.15, 0.2) is 41.3 Å². The van der Waals surface area contributed by atoms with E-state index >= 15 is 0 Å². The molecule has 5 nitrogen and oxygen atoms in total. The Labute approximate surface area is 172 Å². The number of carbonyl (C=O) groups excluding carboxylic acids is 1. The number of thiocarbonyl (C=S) groups is 1. The monoisotopic (exact) mass is 411 g/mol. The van der Waals surface area contributed by atoms with E-state index in [1.807, 2.05) is 36.4 Å². The van der Waals surface area contributed by atoms with E-state index in [2.05, 4.69) is 13.0 Å². The molecule has 1 atom stereocenters. The van der Waals surface area contributed by atoms with E-state index in [-0.39, 0.29) is 18.8 Å². The SMILES string of the molecule is CC1Cc2cc(/C=C3\SC(=S)N(Cc4ccc5c(c4)OCO5)C3=O)ccc2O1. The van der Waals surface area contributed by atoms with Crippen molar-refractivity contribution in [1.29, 1.82) is 0 Å². The van der Waals surface area contributed by atoms with Crippen LogP contribution in [0, 0.1) is 0 Å². The average Bonchev–Trinajstić information content (AvgIpc) is 3.34. The maximum absolute atomic E-state index is 12.9. The van der Waals surface area contributed by atoms with Gasteiger partial charge in [-0.1, -0.05) is 36.1 Å². The minimum Gasteiger partial charge on any atom is -0.490 e. The Hall–Kier alpha value is -2.51. The standard InChI is InChI=1S/C21H17NO4S2/c1-12-6-15-7-13(2-4-16(15)26-12)9-19-20(23)22(21(27)28-19)10-14-3-5-17-18(8-14)25-11-24-17/h2-5,7-9,12H,6,10-11H2,1H3/b19-9-. The number of fused-ring (bicyclic) bond motifs is 2. The van der Waals surface area contributed by atoms with Crippen molar-refractivity contribution >= 4 is 40.3 Å². The van der Waals surface area contributed by atoms with Crippen molar-refractivity contribution in [3.05, 3.63) is 58.0 Å². The molecule has 3 aliphatic rings. The van der Waals surface area contributed by atoms with E-state index in [0.717, 1.165) is 29.0 Å². The van der Waals surface area contributed by atoms with Gasteiger partial charge in [0, 0.05) is 6.42 Å². The van der Waals surface area contributed by atoms with Gasteiger partial charge in [0.15, 0.2) is 11.5 Å². The van der Waals surface area contributed by atoms with Crippen LogP contribution in [0.1, 0.15) is 23.6 Å². The third kappa shape index (κ3) is 3.14. The Bertz CT molecular complexity index is 1030. The molecular weight excluding hydrogens is 394 g/mol. The molecule has 0 N–H and O–H groups in total. The van der Waals surface area contributed by atoms with Gasteiger partial charge in [0.25, 0.3) is 5.91 Å². The minimum absolute atomic E-state index is 0.0715. The molecule has 1 fully saturated rings. The van der Waals surface area contributed by atoms with Crippen LogP contribution in [0.2, 0.25) is 0 Å². The van der Waals surface area contributed by atoms with Crippen LogP contribution in [0.3, 0.4) is 0 Å². The predicted molar refractivity (Wildman–Crippen MR) is 112 cm³/mol. The van der Waals surface area contributed by atoms with E-state index in [4.69, 9.17) is 26.4 Å². The van der Waals surface area contributed by atoms with E-state index in [9.17, 15) is 4.79 Å². The number of ether oxygens (including phenoxy) is 3. The molecule has 0 radical (unpaired) electrons. The summed E-state index contributed by atoms with van der Waals surface area (Å²) in [5.41, 5.74) is 3.11. The molecule has 0 aliphatic carbocycles. The molecule has 5 rings (SSSR count). The third-order valence-corrected chi connectivity index (χ3v) is 6.25. The van der Waals surface area contributed by atoms with Gasteiger partial charge in [-0.05, 0) is 54.0 Å². The number of thioether (sulfide) groups is 1. The topological polar surface area (TPSA) is 48.0 Å². The van der Waals surface area contributed by atoms with Gasteiger partial charge in [-0.2, -0.15) is 0 Å². The summed E-state index contributed by atoms with van der Waals surface area (Å²) < 4.78 is 17.1. The summed E-state index contributed by atoms with van der Waals surface area (Å²) in [6.07, 6.45) is 3.00. The summed E-state index contributed by atoms with van der Waals surface area (Å²) in [5, 5.41) is 0. The Morgan fingerprint density at radius 1 is 1.18 bits per heavy atom. The highest BCUT2D eigenvalue weighted by atomic mass is 32.2. The maximum Gasteiger partial charge on any atom is 0.266 e. The lowest BCUT2D eigenvalue weighted by atomic mass is 10.1. The molecule has 1 amide bonds. The quantitative estimate of drug-likeness (QED) is 0.559. The van der Waals surface area contributed by atoms with Gasteiger partial charge in [0.05, 0.1) is 11.4 Å². The molecule has 7 heteroatoms. The smallest absolute Gasteiger partial charge is 0.266 e. The minimum atomic E-state index is -0.0715. The molecule has 0 saturated carbocycles. The molecule has 3 heterocycles. The summed E-state index contributed by atoms with van der Waals surface area (Å²) in [7, 11) is 0. The first kappa shape index (κ1) is 17.6. The average molecular weight is 412 g/mol. The summed E-state index contributed by atoms with van der Waals surface area (Å²) in [4.78, 5) is 15.2. The van der Waals surface area contributed by atoms with Crippen molar-refractivity contribution in [2.24, 2.45) is 0 Å². The lowest BCUT2D eigenvalue weighted by Gasteiger charge is -2.14. The van der Waals surface area contributed by atoms with Crippen LogP contribution in [-0.4, -0.2) is 28.0 Å². The molecule has 0 spiro atoms. The molecule has 142 valence electrons. The van der Waals surface area contributed by atoms with Gasteiger partial charge in [0.2, 0.25) is 6.79 Å². The van der Waals surface area contributed by atoms with Crippen molar-refractivity contribution < 1.29 is 19.0 Å². The van der Waals surface area contributed by atoms with Gasteiger partial charge in [-0.3, -0.25) is 9.69 Å². The first-order valence-corrected chi connectivity index (χ1v) is 10.2. The van der Waals surface area contributed by atoms with Crippen LogP contribution in [0.25, 0.3) is 6.08 Å². The number of benzene rings is 2. The number of hydrogen-bond acceptors (Lipinski definition) is 6. The Kier molecular flexibility index (Phi) is 4.29. The predicted octanol–water partition coefficient (Wildman–Crippen LogP) is 4.14. The lowest BCUT2D eigenvalue weighted by Crippen LogP contribution is -2.27. The number of hydrogen-bond donors (Lipinski definition) is 0. The van der Waals surface area contributed by atoms with Gasteiger partial charge < -0.3 is 14.2 Å². The lowest BCUT2D eigenvalue weighted by molar-refractivity contribution is -0.122. The number of amides is 1. The molecule has 2 aromatic carbocycles. The van der Waals surface area contributed by atoms with Crippen molar-refractivity contribution in [3.8, 4) is 17.2 Å². The van der Waals surface area contributed by atoms with Crippen LogP contribution < -0.4 is 14.2 Å². The first-order valence-electron chi connectivity index (χ1n) is 9.00. The zero-order valence-electron chi connectivity index (χ0n) is 15.1. The molecule has 0 aromatic heterocycles. The van der Waals surface area contributed by atoms with Gasteiger partial charge >= 0.3 is 0 Å². The first-order chi connectivity index (χ1) is 13.6. The molecule has 28 heavy (non-hydrogen) atoms. The van der Waals surface area contributed by atoms with E-state index in [0.29, 0.717) is 21.5 Å². The zero-order valence-corrected chi connectivity index (χ0v) is 16.8. The third-order valence-electron chi connectivity index (χ3n) is 4.87. The fourth-order valence-corrected chi connectivity index (χ4v) is 4.80. The second-order valence-corrected chi connectivity index (χ2v) is 8.63. The normalized spacial score (nSPS) is 21.4. The molecule has 2 aromatic rings. The zero-order chi connectivity index (χ0) is 19.3. The Balaban J connectivity index is 1.36. The highest BCUT2D eigenvalue weighted by Crippen LogP contribution is 2.37. The summed E-state index contributed by atoms with van der Waals surface area (Å²) >= 11 is 6.79. The highest BCUT2D eigenvalue weighted by Gasteiger charge is 2.32. The van der Waals surface area contributed by atoms with Crippen LogP contribution >= 0.6 is 24.0 Å². The fourth-order valence-electron chi connectivity index (χ4n) is 3.54. The van der Waals surface area contributed by atoms with Crippen LogP contribution in [0.5, 0.6) is 17.2 Å². The van der Waals surface area contributed by atoms with Gasteiger partial charge in [-0.25, -0.2) is 0 Å². The van der Waals surface area contributed by atoms with Crippen molar-refractivity contribution in [1.82, 2.24) is 4.90 Å². The van der Waals surface area contributed by atoms with E-state index in [1.165, 1.54) is 17.3 Å². The van der Waals surface area contributed by atoms with Crippen LogP contribution in [-0.2, 0) is 17.8 Å². The number of carbonyl (C=O) groups is 1. The Morgan fingerprint density at radius 3 is 2.89 bits per heavy atom. The molecule has 1 saturated heterocycles. The second-order valence-electron chi connectivity index (χ2n) is 6.96. The van der Waals surface area contributed by atoms with Crippen molar-refractivity contribution in [3.63, 3.8) is 0 Å². The second kappa shape index (κ2) is 6.83. The summed E-state index contributed by atoms with van der Waals surface area (Å²) in [5.74, 6) is 2.29. The summed E-state index contributed by atoms with van der Waals surface area (Å²) in [6.45, 7) is 2.70. The molecule has 1 unspecified atom stereocenters. The molecule has 3 aliphatic heterocycles. The molecule has 0 bridgehead atoms. The number of nitrogens with zero attached hydrogens (tertiary/aromatic N) is 1. The number of rotatable bonds is 3. The van der Waals surface area contributed by atoms with Crippen molar-refractivity contribution in [2.75, 3.05) is 6.79 Å².